The van der Waals surface area contributed by atoms with Crippen molar-refractivity contribution in [2.75, 3.05) is 5.32 Å². The van der Waals surface area contributed by atoms with Gasteiger partial charge in [-0.3, -0.25) is 14.9 Å². The van der Waals surface area contributed by atoms with Gasteiger partial charge in [0.15, 0.2) is 0 Å². The van der Waals surface area contributed by atoms with E-state index < -0.39 is 4.92 Å². The first-order valence-electron chi connectivity index (χ1n) is 7.75. The molecule has 1 aliphatic heterocycles. The lowest BCUT2D eigenvalue weighted by molar-refractivity contribution is -0.384. The Hall–Kier alpha value is -3.32. The third-order valence-corrected chi connectivity index (χ3v) is 4.94. The standard InChI is InChI=1S/C19H12N2O4S/c22-19-18(26-17-8-4-2-6-14(17)20-19)11-12-9-10-16(25-12)13-5-1-3-7-15(13)21(23)24/h1-11H,(H,20,22)/b18-11-. The Morgan fingerprint density at radius 1 is 1.04 bits per heavy atom. The van der Waals surface area contributed by atoms with Crippen LogP contribution in [0.4, 0.5) is 11.4 Å². The van der Waals surface area contributed by atoms with Crippen molar-refractivity contribution in [2.45, 2.75) is 4.90 Å². The van der Waals surface area contributed by atoms with Crippen molar-refractivity contribution in [1.82, 2.24) is 0 Å². The van der Waals surface area contributed by atoms with Crippen molar-refractivity contribution in [3.63, 3.8) is 0 Å². The molecule has 3 aromatic rings. The van der Waals surface area contributed by atoms with Crippen LogP contribution in [-0.4, -0.2) is 10.8 Å². The van der Waals surface area contributed by atoms with Crippen LogP contribution in [0.25, 0.3) is 17.4 Å². The molecule has 0 aliphatic carbocycles. The molecule has 0 atom stereocenters. The van der Waals surface area contributed by atoms with Gasteiger partial charge in [-0.1, -0.05) is 36.0 Å². The molecule has 0 radical (unpaired) electrons. The Morgan fingerprint density at radius 3 is 2.65 bits per heavy atom. The third kappa shape index (κ3) is 3.00. The minimum atomic E-state index is -0.447. The van der Waals surface area contributed by atoms with E-state index in [2.05, 4.69) is 5.32 Å². The van der Waals surface area contributed by atoms with Crippen molar-refractivity contribution in [3.8, 4) is 11.3 Å². The molecule has 2 heterocycles. The minimum Gasteiger partial charge on any atom is -0.456 e. The number of nitrogens with one attached hydrogen (secondary N) is 1. The van der Waals surface area contributed by atoms with Gasteiger partial charge in [0.05, 0.1) is 21.1 Å². The van der Waals surface area contributed by atoms with E-state index in [1.807, 2.05) is 24.3 Å². The highest BCUT2D eigenvalue weighted by Crippen LogP contribution is 2.39. The molecule has 0 fully saturated rings. The summed E-state index contributed by atoms with van der Waals surface area (Å²) in [6, 6.07) is 17.3. The fraction of sp³-hybridized carbons (Fsp3) is 0. The molecular formula is C19H12N2O4S. The largest absolute Gasteiger partial charge is 0.456 e. The number of nitrogens with zero attached hydrogens (tertiary/aromatic N) is 1. The van der Waals surface area contributed by atoms with Gasteiger partial charge < -0.3 is 9.73 Å². The van der Waals surface area contributed by atoms with Crippen LogP contribution < -0.4 is 5.32 Å². The molecule has 2 aromatic carbocycles. The predicted molar refractivity (Wildman–Crippen MR) is 99.7 cm³/mol. The summed E-state index contributed by atoms with van der Waals surface area (Å²) in [4.78, 5) is 24.4. The van der Waals surface area contributed by atoms with Crippen LogP contribution in [0.2, 0.25) is 0 Å². The molecule has 4 rings (SSSR count). The molecule has 0 saturated heterocycles. The number of anilines is 1. The van der Waals surface area contributed by atoms with Gasteiger partial charge in [-0.25, -0.2) is 0 Å². The van der Waals surface area contributed by atoms with Gasteiger partial charge in [-0.2, -0.15) is 0 Å². The number of thioether (sulfide) groups is 1. The summed E-state index contributed by atoms with van der Waals surface area (Å²) in [5.41, 5.74) is 1.15. The van der Waals surface area contributed by atoms with E-state index in [9.17, 15) is 14.9 Å². The number of furan rings is 1. The number of benzene rings is 2. The average molecular weight is 364 g/mol. The zero-order valence-electron chi connectivity index (χ0n) is 13.3. The molecule has 7 heteroatoms. The second-order valence-corrected chi connectivity index (χ2v) is 6.62. The van der Waals surface area contributed by atoms with Gasteiger partial charge in [0, 0.05) is 17.0 Å². The number of rotatable bonds is 3. The average Bonchev–Trinajstić information content (AvgIpc) is 3.11. The molecular weight excluding hydrogens is 352 g/mol. The summed E-state index contributed by atoms with van der Waals surface area (Å²) in [6.45, 7) is 0. The number of fused-ring (bicyclic) bond motifs is 1. The predicted octanol–water partition coefficient (Wildman–Crippen LogP) is 4.94. The Kier molecular flexibility index (Phi) is 4.06. The first kappa shape index (κ1) is 16.2. The second-order valence-electron chi connectivity index (χ2n) is 5.54. The molecule has 26 heavy (non-hydrogen) atoms. The molecule has 6 nitrogen and oxygen atoms in total. The Balaban J connectivity index is 1.67. The maximum atomic E-state index is 12.3. The molecule has 1 N–H and O–H groups in total. The van der Waals surface area contributed by atoms with Crippen molar-refractivity contribution in [1.29, 1.82) is 0 Å². The van der Waals surface area contributed by atoms with E-state index in [0.29, 0.717) is 22.0 Å². The van der Waals surface area contributed by atoms with E-state index in [1.165, 1.54) is 17.8 Å². The van der Waals surface area contributed by atoms with E-state index >= 15 is 0 Å². The maximum absolute atomic E-state index is 12.3. The monoisotopic (exact) mass is 364 g/mol. The highest BCUT2D eigenvalue weighted by molar-refractivity contribution is 8.04. The summed E-state index contributed by atoms with van der Waals surface area (Å²) in [7, 11) is 0. The SMILES string of the molecule is O=C1Nc2ccccc2S/C1=C\c1ccc(-c2ccccc2[N+](=O)[O-])o1. The first-order chi connectivity index (χ1) is 12.6. The number of para-hydroxylation sites is 2. The quantitative estimate of drug-likeness (QED) is 0.404. The van der Waals surface area contributed by atoms with E-state index in [4.69, 9.17) is 4.42 Å². The second kappa shape index (κ2) is 6.53. The topological polar surface area (TPSA) is 85.4 Å². The number of carbonyl (C=O) groups is 1. The van der Waals surface area contributed by atoms with Gasteiger partial charge in [-0.15, -0.1) is 0 Å². The Morgan fingerprint density at radius 2 is 1.81 bits per heavy atom. The molecule has 0 unspecified atom stereocenters. The number of carbonyl (C=O) groups excluding carboxylic acids is 1. The van der Waals surface area contributed by atoms with Crippen molar-refractivity contribution >= 4 is 35.1 Å². The fourth-order valence-electron chi connectivity index (χ4n) is 2.65. The van der Waals surface area contributed by atoms with Crippen LogP contribution in [0.1, 0.15) is 5.76 Å². The lowest BCUT2D eigenvalue weighted by atomic mass is 10.1. The number of amides is 1. The molecule has 0 saturated carbocycles. The van der Waals surface area contributed by atoms with E-state index in [0.717, 1.165) is 10.6 Å². The number of nitro benzene ring substituents is 1. The van der Waals surface area contributed by atoms with Crippen LogP contribution in [0.3, 0.4) is 0 Å². The molecule has 1 aliphatic rings. The summed E-state index contributed by atoms with van der Waals surface area (Å²) < 4.78 is 5.73. The van der Waals surface area contributed by atoms with Crippen LogP contribution in [-0.2, 0) is 4.79 Å². The van der Waals surface area contributed by atoms with Crippen LogP contribution in [0.15, 0.2) is 74.9 Å². The Labute approximate surface area is 152 Å². The lowest BCUT2D eigenvalue weighted by Gasteiger charge is -2.17. The van der Waals surface area contributed by atoms with E-state index in [-0.39, 0.29) is 11.6 Å². The zero-order chi connectivity index (χ0) is 18.1. The summed E-state index contributed by atoms with van der Waals surface area (Å²) >= 11 is 1.35. The van der Waals surface area contributed by atoms with Gasteiger partial charge in [0.25, 0.3) is 11.6 Å². The first-order valence-corrected chi connectivity index (χ1v) is 8.57. The van der Waals surface area contributed by atoms with Gasteiger partial charge >= 0.3 is 0 Å². The smallest absolute Gasteiger partial charge is 0.280 e. The highest BCUT2D eigenvalue weighted by Gasteiger charge is 2.22. The van der Waals surface area contributed by atoms with Gasteiger partial charge in [0.1, 0.15) is 11.5 Å². The third-order valence-electron chi connectivity index (χ3n) is 3.85. The van der Waals surface area contributed by atoms with Crippen LogP contribution in [0, 0.1) is 10.1 Å². The van der Waals surface area contributed by atoms with Crippen LogP contribution in [0.5, 0.6) is 0 Å². The highest BCUT2D eigenvalue weighted by atomic mass is 32.2. The molecule has 1 amide bonds. The van der Waals surface area contributed by atoms with Gasteiger partial charge in [-0.05, 0) is 30.3 Å². The zero-order valence-corrected chi connectivity index (χ0v) is 14.2. The Bertz CT molecular complexity index is 1050. The lowest BCUT2D eigenvalue weighted by Crippen LogP contribution is -2.16. The minimum absolute atomic E-state index is 0.0280. The van der Waals surface area contributed by atoms with Crippen LogP contribution >= 0.6 is 11.8 Å². The summed E-state index contributed by atoms with van der Waals surface area (Å²) in [6.07, 6.45) is 1.63. The van der Waals surface area contributed by atoms with Gasteiger partial charge in [0.2, 0.25) is 0 Å². The van der Waals surface area contributed by atoms with Crippen molar-refractivity contribution in [3.05, 3.63) is 81.4 Å². The van der Waals surface area contributed by atoms with Crippen molar-refractivity contribution in [2.24, 2.45) is 0 Å². The molecule has 0 bridgehead atoms. The van der Waals surface area contributed by atoms with E-state index in [1.54, 1.807) is 36.4 Å². The molecule has 128 valence electrons. The molecule has 0 spiro atoms. The normalized spacial score (nSPS) is 14.8. The summed E-state index contributed by atoms with van der Waals surface area (Å²) in [5.74, 6) is 0.623. The number of nitro groups is 1. The molecule has 1 aromatic heterocycles. The fourth-order valence-corrected chi connectivity index (χ4v) is 3.58. The number of hydrogen-bond acceptors (Lipinski definition) is 5. The van der Waals surface area contributed by atoms with Crippen molar-refractivity contribution < 1.29 is 14.1 Å². The summed E-state index contributed by atoms with van der Waals surface area (Å²) in [5, 5.41) is 14.0. The maximum Gasteiger partial charge on any atom is 0.280 e. The number of hydrogen-bond donors (Lipinski definition) is 1.